The van der Waals surface area contributed by atoms with E-state index in [-0.39, 0.29) is 6.10 Å². The van der Waals surface area contributed by atoms with Crippen LogP contribution in [0.25, 0.3) is 11.0 Å². The number of furan rings is 1. The van der Waals surface area contributed by atoms with Crippen molar-refractivity contribution in [3.8, 4) is 0 Å². The van der Waals surface area contributed by atoms with E-state index < -0.39 is 5.79 Å². The zero-order valence-corrected chi connectivity index (χ0v) is 12.3. The van der Waals surface area contributed by atoms with Gasteiger partial charge in [0.05, 0.1) is 12.7 Å². The molecule has 3 aromatic rings. The molecule has 0 aliphatic carbocycles. The third-order valence-electron chi connectivity index (χ3n) is 3.95. The average molecular weight is 299 g/mol. The van der Waals surface area contributed by atoms with E-state index >= 15 is 0 Å². The van der Waals surface area contributed by atoms with Crippen molar-refractivity contribution in [2.24, 2.45) is 0 Å². The number of fused-ring (bicyclic) bond motifs is 1. The van der Waals surface area contributed by atoms with Gasteiger partial charge in [-0.1, -0.05) is 25.1 Å². The topological polar surface area (TPSA) is 62.3 Å². The molecule has 6 nitrogen and oxygen atoms in total. The second-order valence-corrected chi connectivity index (χ2v) is 5.45. The van der Waals surface area contributed by atoms with Crippen molar-refractivity contribution in [2.75, 3.05) is 6.61 Å². The third kappa shape index (κ3) is 2.20. The Balaban J connectivity index is 1.76. The lowest BCUT2D eigenvalue weighted by Gasteiger charge is -2.25. The Morgan fingerprint density at radius 1 is 1.36 bits per heavy atom. The van der Waals surface area contributed by atoms with Crippen LogP contribution in [0.3, 0.4) is 0 Å². The van der Waals surface area contributed by atoms with Crippen molar-refractivity contribution < 1.29 is 13.9 Å². The van der Waals surface area contributed by atoms with Crippen LogP contribution in [0.4, 0.5) is 0 Å². The zero-order valence-electron chi connectivity index (χ0n) is 12.3. The van der Waals surface area contributed by atoms with Gasteiger partial charge in [-0.2, -0.15) is 5.10 Å². The summed E-state index contributed by atoms with van der Waals surface area (Å²) in [6.07, 6.45) is 4.09. The molecule has 0 N–H and O–H groups in total. The van der Waals surface area contributed by atoms with Crippen LogP contribution >= 0.6 is 0 Å². The van der Waals surface area contributed by atoms with Crippen molar-refractivity contribution in [3.63, 3.8) is 0 Å². The molecule has 22 heavy (non-hydrogen) atoms. The molecule has 6 heteroatoms. The summed E-state index contributed by atoms with van der Waals surface area (Å²) in [7, 11) is 0. The summed E-state index contributed by atoms with van der Waals surface area (Å²) in [6.45, 7) is 3.03. The molecule has 4 rings (SSSR count). The highest BCUT2D eigenvalue weighted by atomic mass is 16.8. The Hall–Kier alpha value is -2.18. The summed E-state index contributed by atoms with van der Waals surface area (Å²) in [5.41, 5.74) is 0.822. The lowest BCUT2D eigenvalue weighted by Crippen LogP contribution is -2.33. The Bertz CT molecular complexity index is 735. The molecule has 0 spiro atoms. The molecule has 1 saturated heterocycles. The van der Waals surface area contributed by atoms with Crippen molar-refractivity contribution in [1.29, 1.82) is 0 Å². The van der Waals surface area contributed by atoms with Crippen LogP contribution in [-0.4, -0.2) is 27.5 Å². The van der Waals surface area contributed by atoms with Gasteiger partial charge in [-0.05, 0) is 18.6 Å². The molecule has 1 aliphatic rings. The van der Waals surface area contributed by atoms with E-state index in [1.807, 2.05) is 30.3 Å². The fourth-order valence-corrected chi connectivity index (χ4v) is 2.75. The maximum Gasteiger partial charge on any atom is 0.249 e. The summed E-state index contributed by atoms with van der Waals surface area (Å²) in [4.78, 5) is 3.98. The molecule has 1 aromatic carbocycles. The van der Waals surface area contributed by atoms with Crippen LogP contribution in [0.5, 0.6) is 0 Å². The maximum absolute atomic E-state index is 6.18. The summed E-state index contributed by atoms with van der Waals surface area (Å²) in [6, 6.07) is 9.86. The largest absolute Gasteiger partial charge is 0.455 e. The smallest absolute Gasteiger partial charge is 0.249 e. The van der Waals surface area contributed by atoms with E-state index in [9.17, 15) is 0 Å². The van der Waals surface area contributed by atoms with Crippen LogP contribution in [0.1, 0.15) is 19.1 Å². The monoisotopic (exact) mass is 299 g/mol. The van der Waals surface area contributed by atoms with E-state index in [0.717, 1.165) is 17.4 Å². The molecule has 1 fully saturated rings. The van der Waals surface area contributed by atoms with E-state index in [1.54, 1.807) is 11.0 Å². The second-order valence-electron chi connectivity index (χ2n) is 5.45. The molecule has 0 saturated carbocycles. The Morgan fingerprint density at radius 3 is 3.00 bits per heavy atom. The number of rotatable bonds is 4. The lowest BCUT2D eigenvalue weighted by atomic mass is 10.2. The predicted molar refractivity (Wildman–Crippen MR) is 79.0 cm³/mol. The number of benzene rings is 1. The maximum atomic E-state index is 6.18. The van der Waals surface area contributed by atoms with Crippen LogP contribution in [0.15, 0.2) is 47.4 Å². The molecule has 2 atom stereocenters. The Morgan fingerprint density at radius 2 is 2.27 bits per heavy atom. The summed E-state index contributed by atoms with van der Waals surface area (Å²) in [5.74, 6) is -0.284. The average Bonchev–Trinajstić information content (AvgIpc) is 3.26. The molecule has 0 bridgehead atoms. The quantitative estimate of drug-likeness (QED) is 0.741. The van der Waals surface area contributed by atoms with Gasteiger partial charge in [-0.3, -0.25) is 0 Å². The van der Waals surface area contributed by atoms with E-state index in [4.69, 9.17) is 13.9 Å². The highest BCUT2D eigenvalue weighted by Crippen LogP contribution is 2.39. The first-order chi connectivity index (χ1) is 10.8. The summed E-state index contributed by atoms with van der Waals surface area (Å²) < 4.78 is 19.9. The minimum Gasteiger partial charge on any atom is -0.455 e. The summed E-state index contributed by atoms with van der Waals surface area (Å²) in [5, 5.41) is 5.19. The number of aromatic nitrogens is 3. The molecular weight excluding hydrogens is 282 g/mol. The van der Waals surface area contributed by atoms with Crippen molar-refractivity contribution >= 4 is 11.0 Å². The van der Waals surface area contributed by atoms with Gasteiger partial charge < -0.3 is 13.9 Å². The SMILES string of the molecule is CC[C@H]1CO[C@](Cn2cncn2)(c2cc3ccccc3o2)O1. The highest BCUT2D eigenvalue weighted by Gasteiger charge is 2.46. The molecule has 0 amide bonds. The van der Waals surface area contributed by atoms with Gasteiger partial charge >= 0.3 is 0 Å². The molecule has 0 unspecified atom stereocenters. The first-order valence-electron chi connectivity index (χ1n) is 7.42. The highest BCUT2D eigenvalue weighted by molar-refractivity contribution is 5.77. The standard InChI is InChI=1S/C16H17N3O3/c1-2-13-8-20-16(22-13,9-19-11-17-10-18-19)15-7-12-5-3-4-6-14(12)21-15/h3-7,10-11,13H,2,8-9H2,1H3/t13-,16-/m0/s1. The number of hydrogen-bond acceptors (Lipinski definition) is 5. The normalized spacial score (nSPS) is 25.0. The van der Waals surface area contributed by atoms with Crippen LogP contribution in [0, 0.1) is 0 Å². The van der Waals surface area contributed by atoms with Gasteiger partial charge in [0, 0.05) is 5.39 Å². The number of hydrogen-bond donors (Lipinski definition) is 0. The van der Waals surface area contributed by atoms with Gasteiger partial charge in [0.25, 0.3) is 0 Å². The zero-order chi connectivity index (χ0) is 15.0. The van der Waals surface area contributed by atoms with Gasteiger partial charge in [0.15, 0.2) is 5.76 Å². The third-order valence-corrected chi connectivity index (χ3v) is 3.95. The molecular formula is C16H17N3O3. The van der Waals surface area contributed by atoms with Crippen molar-refractivity contribution in [3.05, 3.63) is 48.7 Å². The molecule has 3 heterocycles. The van der Waals surface area contributed by atoms with E-state index in [2.05, 4.69) is 17.0 Å². The molecule has 114 valence electrons. The molecule has 0 radical (unpaired) electrons. The number of ether oxygens (including phenoxy) is 2. The minimum absolute atomic E-state index is 0.0525. The Kier molecular flexibility index (Phi) is 3.20. The number of para-hydroxylation sites is 1. The van der Waals surface area contributed by atoms with Gasteiger partial charge in [0.1, 0.15) is 24.8 Å². The van der Waals surface area contributed by atoms with Crippen LogP contribution in [-0.2, 0) is 21.8 Å². The minimum atomic E-state index is -0.951. The summed E-state index contributed by atoms with van der Waals surface area (Å²) >= 11 is 0. The molecule has 2 aromatic heterocycles. The van der Waals surface area contributed by atoms with E-state index in [1.165, 1.54) is 6.33 Å². The van der Waals surface area contributed by atoms with Crippen molar-refractivity contribution in [2.45, 2.75) is 31.8 Å². The molecule has 1 aliphatic heterocycles. The Labute approximate surface area is 127 Å². The van der Waals surface area contributed by atoms with Gasteiger partial charge in [-0.15, -0.1) is 0 Å². The van der Waals surface area contributed by atoms with Crippen LogP contribution in [0.2, 0.25) is 0 Å². The first-order valence-corrected chi connectivity index (χ1v) is 7.42. The first kappa shape index (κ1) is 13.5. The van der Waals surface area contributed by atoms with Crippen LogP contribution < -0.4 is 0 Å². The van der Waals surface area contributed by atoms with Gasteiger partial charge in [-0.25, -0.2) is 9.67 Å². The van der Waals surface area contributed by atoms with E-state index in [0.29, 0.717) is 18.9 Å². The van der Waals surface area contributed by atoms with Crippen molar-refractivity contribution in [1.82, 2.24) is 14.8 Å². The number of nitrogens with zero attached hydrogens (tertiary/aromatic N) is 3. The predicted octanol–water partition coefficient (Wildman–Crippen LogP) is 2.70. The lowest BCUT2D eigenvalue weighted by molar-refractivity contribution is -0.199. The fraction of sp³-hybridized carbons (Fsp3) is 0.375. The second kappa shape index (κ2) is 5.23. The van der Waals surface area contributed by atoms with Gasteiger partial charge in [0.2, 0.25) is 5.79 Å². The fourth-order valence-electron chi connectivity index (χ4n) is 2.75.